The van der Waals surface area contributed by atoms with E-state index >= 15 is 0 Å². The number of carbonyl (C=O) groups excluding carboxylic acids is 2. The highest BCUT2D eigenvalue weighted by Gasteiger charge is 2.12. The predicted octanol–water partition coefficient (Wildman–Crippen LogP) is -0.687. The van der Waals surface area contributed by atoms with E-state index in [4.69, 9.17) is 0 Å². The third-order valence-electron chi connectivity index (χ3n) is 0.645. The summed E-state index contributed by atoms with van der Waals surface area (Å²) < 4.78 is 28.8. The number of rotatable bonds is 3. The topological polar surface area (TPSA) is 102 Å². The summed E-state index contributed by atoms with van der Waals surface area (Å²) in [7, 11) is -4.28. The maximum Gasteiger partial charge on any atom is 0.422 e. The average Bonchev–Trinajstić information content (AvgIpc) is 1.85. The molecule has 0 heterocycles. The number of ether oxygens (including phenoxy) is 1. The summed E-state index contributed by atoms with van der Waals surface area (Å²) in [4.78, 5) is 19.9. The molecular weight excluding hydrogens is 188 g/mol. The van der Waals surface area contributed by atoms with Crippen molar-refractivity contribution >= 4 is 22.4 Å². The van der Waals surface area contributed by atoms with Crippen molar-refractivity contribution in [3.8, 4) is 0 Å². The van der Waals surface area contributed by atoms with Crippen LogP contribution in [0.15, 0.2) is 4.40 Å². The van der Waals surface area contributed by atoms with Gasteiger partial charge in [-0.15, -0.1) is 0 Å². The predicted molar refractivity (Wildman–Crippen MR) is 37.2 cm³/mol. The fraction of sp³-hybridized carbons (Fsp3) is 0.500. The van der Waals surface area contributed by atoms with Crippen LogP contribution < -0.4 is 4.72 Å². The van der Waals surface area contributed by atoms with Gasteiger partial charge in [-0.1, -0.05) is 4.40 Å². The van der Waals surface area contributed by atoms with Crippen molar-refractivity contribution in [3.05, 3.63) is 0 Å². The minimum atomic E-state index is -4.28. The SMILES string of the molecule is CCOC(=O)NS(=O)(=O)N=C=O. The van der Waals surface area contributed by atoms with E-state index in [1.165, 1.54) is 11.6 Å². The van der Waals surface area contributed by atoms with Crippen molar-refractivity contribution < 1.29 is 22.7 Å². The molecule has 8 heteroatoms. The average molecular weight is 194 g/mol. The Morgan fingerprint density at radius 3 is 2.67 bits per heavy atom. The molecule has 12 heavy (non-hydrogen) atoms. The number of hydrogen-bond acceptors (Lipinski definition) is 5. The lowest BCUT2D eigenvalue weighted by Crippen LogP contribution is -2.29. The van der Waals surface area contributed by atoms with Crippen molar-refractivity contribution in [1.29, 1.82) is 0 Å². The zero-order chi connectivity index (χ0) is 9.61. The van der Waals surface area contributed by atoms with E-state index in [1.54, 1.807) is 0 Å². The summed E-state index contributed by atoms with van der Waals surface area (Å²) in [6.07, 6.45) is -0.412. The molecule has 1 amide bonds. The molecular formula is C4H6N2O5S. The van der Waals surface area contributed by atoms with Gasteiger partial charge in [-0.2, -0.15) is 13.1 Å². The monoisotopic (exact) mass is 194 g/mol. The quantitative estimate of drug-likeness (QED) is 0.473. The zero-order valence-corrected chi connectivity index (χ0v) is 6.92. The first-order valence-electron chi connectivity index (χ1n) is 2.80. The van der Waals surface area contributed by atoms with Crippen LogP contribution >= 0.6 is 0 Å². The summed E-state index contributed by atoms with van der Waals surface area (Å²) in [6, 6.07) is 0. The molecule has 0 spiro atoms. The summed E-state index contributed by atoms with van der Waals surface area (Å²) in [5.41, 5.74) is 0. The Morgan fingerprint density at radius 2 is 2.25 bits per heavy atom. The number of nitrogens with zero attached hydrogens (tertiary/aromatic N) is 1. The fourth-order valence-corrected chi connectivity index (χ4v) is 0.751. The summed E-state index contributed by atoms with van der Waals surface area (Å²) in [5, 5.41) is 0. The number of isocyanates is 1. The van der Waals surface area contributed by atoms with E-state index in [0.29, 0.717) is 0 Å². The molecule has 68 valence electrons. The second-order valence-electron chi connectivity index (χ2n) is 1.48. The maximum absolute atomic E-state index is 10.5. The van der Waals surface area contributed by atoms with Gasteiger partial charge in [-0.25, -0.2) is 9.59 Å². The number of amides is 1. The van der Waals surface area contributed by atoms with Crippen LogP contribution in [-0.4, -0.2) is 27.2 Å². The molecule has 0 fully saturated rings. The van der Waals surface area contributed by atoms with Gasteiger partial charge in [0.1, 0.15) is 0 Å². The first kappa shape index (κ1) is 10.6. The molecule has 0 atom stereocenters. The van der Waals surface area contributed by atoms with Crippen molar-refractivity contribution in [3.63, 3.8) is 0 Å². The fourth-order valence-electron chi connectivity index (χ4n) is 0.338. The van der Waals surface area contributed by atoms with E-state index in [2.05, 4.69) is 9.13 Å². The Balaban J connectivity index is 4.26. The van der Waals surface area contributed by atoms with Crippen molar-refractivity contribution in [2.45, 2.75) is 6.92 Å². The molecule has 0 aromatic rings. The van der Waals surface area contributed by atoms with Gasteiger partial charge in [0.2, 0.25) is 0 Å². The van der Waals surface area contributed by atoms with Crippen LogP contribution in [0.5, 0.6) is 0 Å². The van der Waals surface area contributed by atoms with Gasteiger partial charge >= 0.3 is 16.3 Å². The molecule has 0 unspecified atom stereocenters. The summed E-state index contributed by atoms with van der Waals surface area (Å²) in [5.74, 6) is 0. The van der Waals surface area contributed by atoms with Crippen LogP contribution in [0.3, 0.4) is 0 Å². The number of nitrogens with one attached hydrogen (secondary N) is 1. The van der Waals surface area contributed by atoms with Gasteiger partial charge in [0.25, 0.3) is 6.08 Å². The van der Waals surface area contributed by atoms with E-state index in [-0.39, 0.29) is 6.61 Å². The highest BCUT2D eigenvalue weighted by Crippen LogP contribution is 1.85. The van der Waals surface area contributed by atoms with E-state index in [9.17, 15) is 18.0 Å². The Kier molecular flexibility index (Phi) is 3.95. The lowest BCUT2D eigenvalue weighted by molar-refractivity contribution is 0.158. The van der Waals surface area contributed by atoms with Crippen LogP contribution in [0.2, 0.25) is 0 Å². The smallest absolute Gasteiger partial charge is 0.422 e. The Labute approximate surface area is 68.6 Å². The van der Waals surface area contributed by atoms with E-state index in [0.717, 1.165) is 6.08 Å². The van der Waals surface area contributed by atoms with Gasteiger partial charge in [0.15, 0.2) is 0 Å². The Bertz CT molecular complexity index is 301. The van der Waals surface area contributed by atoms with Gasteiger partial charge in [-0.3, -0.25) is 0 Å². The van der Waals surface area contributed by atoms with Crippen molar-refractivity contribution in [1.82, 2.24) is 4.72 Å². The lowest BCUT2D eigenvalue weighted by atomic mass is 10.9. The first-order chi connectivity index (χ1) is 5.52. The van der Waals surface area contributed by atoms with Crippen LogP contribution in [0, 0.1) is 0 Å². The molecule has 0 aliphatic rings. The molecule has 0 bridgehead atoms. The molecule has 0 rings (SSSR count). The van der Waals surface area contributed by atoms with Gasteiger partial charge in [0, 0.05) is 0 Å². The second-order valence-corrected chi connectivity index (χ2v) is 2.82. The van der Waals surface area contributed by atoms with E-state index < -0.39 is 16.3 Å². The molecule has 0 aliphatic carbocycles. The maximum atomic E-state index is 10.5. The third-order valence-corrected chi connectivity index (χ3v) is 1.38. The normalized spacial score (nSPS) is 9.75. The highest BCUT2D eigenvalue weighted by molar-refractivity contribution is 7.88. The van der Waals surface area contributed by atoms with Crippen LogP contribution in [0.25, 0.3) is 0 Å². The second kappa shape index (κ2) is 4.47. The first-order valence-corrected chi connectivity index (χ1v) is 4.24. The Hall–Kier alpha value is -1.40. The Morgan fingerprint density at radius 1 is 1.67 bits per heavy atom. The van der Waals surface area contributed by atoms with E-state index in [1.807, 2.05) is 0 Å². The summed E-state index contributed by atoms with van der Waals surface area (Å²) >= 11 is 0. The van der Waals surface area contributed by atoms with Crippen LogP contribution in [0.1, 0.15) is 6.92 Å². The van der Waals surface area contributed by atoms with Crippen LogP contribution in [0.4, 0.5) is 4.79 Å². The number of carbonyl (C=O) groups is 1. The molecule has 0 saturated heterocycles. The summed E-state index contributed by atoms with van der Waals surface area (Å²) in [6.45, 7) is 1.52. The minimum Gasteiger partial charge on any atom is -0.449 e. The highest BCUT2D eigenvalue weighted by atomic mass is 32.2. The van der Waals surface area contributed by atoms with Gasteiger partial charge < -0.3 is 4.74 Å². The molecule has 0 saturated carbocycles. The molecule has 0 aliphatic heterocycles. The molecule has 1 N–H and O–H groups in total. The van der Waals surface area contributed by atoms with Gasteiger partial charge in [0.05, 0.1) is 6.61 Å². The third kappa shape index (κ3) is 4.42. The number of hydrogen-bond donors (Lipinski definition) is 1. The minimum absolute atomic E-state index is 0.0200. The molecule has 0 aromatic carbocycles. The lowest BCUT2D eigenvalue weighted by Gasteiger charge is -1.99. The largest absolute Gasteiger partial charge is 0.449 e. The molecule has 7 nitrogen and oxygen atoms in total. The van der Waals surface area contributed by atoms with Crippen molar-refractivity contribution in [2.75, 3.05) is 6.61 Å². The van der Waals surface area contributed by atoms with Gasteiger partial charge in [-0.05, 0) is 6.92 Å². The standard InChI is InChI=1S/C4H6N2O5S/c1-2-11-4(8)6-12(9,10)5-3-7/h2H2,1H3,(H,6,8). The van der Waals surface area contributed by atoms with Crippen molar-refractivity contribution in [2.24, 2.45) is 4.40 Å². The molecule has 0 radical (unpaired) electrons. The molecule has 0 aromatic heterocycles. The van der Waals surface area contributed by atoms with Crippen LogP contribution in [-0.2, 0) is 19.7 Å². The zero-order valence-electron chi connectivity index (χ0n) is 6.10.